The molecule has 7 heteroatoms. The van der Waals surface area contributed by atoms with E-state index in [-0.39, 0.29) is 13.1 Å². The predicted octanol–water partition coefficient (Wildman–Crippen LogP) is 0.663. The summed E-state index contributed by atoms with van der Waals surface area (Å²) in [5, 5.41) is 0. The van der Waals surface area contributed by atoms with Crippen LogP contribution in [0.4, 0.5) is 4.79 Å². The molecule has 1 aliphatic rings. The van der Waals surface area contributed by atoms with Crippen LogP contribution in [0.3, 0.4) is 0 Å². The van der Waals surface area contributed by atoms with Crippen LogP contribution in [0.1, 0.15) is 13.3 Å². The summed E-state index contributed by atoms with van der Waals surface area (Å²) in [5.41, 5.74) is 0. The molecular weight excluding hydrogens is 260 g/mol. The molecule has 0 radical (unpaired) electrons. The first-order valence-corrected chi connectivity index (χ1v) is 6.73. The molecule has 0 spiro atoms. The average molecular weight is 276 g/mol. The molecule has 1 rings (SSSR count). The Morgan fingerprint density at radius 3 is 2.12 bits per heavy atom. The molecule has 5 nitrogen and oxygen atoms in total. The van der Waals surface area contributed by atoms with Crippen molar-refractivity contribution in [1.29, 1.82) is 0 Å². The second-order valence-corrected chi connectivity index (χ2v) is 4.54. The third-order valence-corrected chi connectivity index (χ3v) is 3.11. The van der Waals surface area contributed by atoms with Gasteiger partial charge in [0.1, 0.15) is 5.92 Å². The quantitative estimate of drug-likeness (QED) is 0.573. The highest BCUT2D eigenvalue weighted by molar-refractivity contribution is 7.80. The number of hydrogen-bond donors (Lipinski definition) is 2. The summed E-state index contributed by atoms with van der Waals surface area (Å²) in [6.45, 7) is 2.22. The highest BCUT2D eigenvalue weighted by Gasteiger charge is 2.44. The molecular formula is C10H16N2O3S2. The fraction of sp³-hybridized carbons (Fsp3) is 0.700. The number of rotatable bonds is 5. The summed E-state index contributed by atoms with van der Waals surface area (Å²) in [6, 6.07) is -0.535. The first kappa shape index (κ1) is 14.4. The number of nitrogens with zero attached hydrogens (tertiary/aromatic N) is 2. The van der Waals surface area contributed by atoms with Gasteiger partial charge in [0.2, 0.25) is 11.8 Å². The van der Waals surface area contributed by atoms with Gasteiger partial charge in [-0.05, 0) is 19.1 Å². The van der Waals surface area contributed by atoms with Gasteiger partial charge < -0.3 is 0 Å². The van der Waals surface area contributed by atoms with Crippen LogP contribution in [-0.4, -0.2) is 52.2 Å². The Hall–Kier alpha value is -0.690. The minimum absolute atomic E-state index is 0.230. The summed E-state index contributed by atoms with van der Waals surface area (Å²) in [7, 11) is 0. The van der Waals surface area contributed by atoms with Gasteiger partial charge in [0.05, 0.1) is 0 Å². The molecule has 0 saturated carbocycles. The van der Waals surface area contributed by atoms with Gasteiger partial charge in [-0.1, -0.05) is 0 Å². The second-order valence-electron chi connectivity index (χ2n) is 3.64. The maximum Gasteiger partial charge on any atom is 0.333 e. The van der Waals surface area contributed by atoms with Crippen molar-refractivity contribution in [2.75, 3.05) is 24.6 Å². The number of thiol groups is 2. The van der Waals surface area contributed by atoms with Crippen LogP contribution in [-0.2, 0) is 9.59 Å². The minimum Gasteiger partial charge on any atom is -0.273 e. The van der Waals surface area contributed by atoms with Crippen molar-refractivity contribution in [3.05, 3.63) is 0 Å². The van der Waals surface area contributed by atoms with E-state index < -0.39 is 23.8 Å². The molecule has 4 amide bonds. The molecule has 17 heavy (non-hydrogen) atoms. The molecule has 1 heterocycles. The molecule has 0 aromatic rings. The summed E-state index contributed by atoms with van der Waals surface area (Å²) in [5.74, 6) is -0.788. The number of carbonyl (C=O) groups is 3. The zero-order chi connectivity index (χ0) is 13.0. The van der Waals surface area contributed by atoms with Crippen LogP contribution in [0.15, 0.2) is 0 Å². The minimum atomic E-state index is -0.773. The molecule has 1 saturated heterocycles. The standard InChI is InChI=1S/C10H16N2O3S2/c1-2-11-8(13)7(3-5-16)9(14)12(4-6-17)10(11)15/h7,16-17H,2-6H2,1H3. The van der Waals surface area contributed by atoms with Gasteiger partial charge in [-0.2, -0.15) is 25.3 Å². The van der Waals surface area contributed by atoms with E-state index in [1.54, 1.807) is 6.92 Å². The van der Waals surface area contributed by atoms with Gasteiger partial charge >= 0.3 is 6.03 Å². The fourth-order valence-corrected chi connectivity index (χ4v) is 2.25. The third kappa shape index (κ3) is 2.77. The van der Waals surface area contributed by atoms with Crippen LogP contribution in [0.5, 0.6) is 0 Å². The summed E-state index contributed by atoms with van der Waals surface area (Å²) < 4.78 is 0. The van der Waals surface area contributed by atoms with Crippen LogP contribution in [0.2, 0.25) is 0 Å². The lowest BCUT2D eigenvalue weighted by atomic mass is 10.0. The van der Waals surface area contributed by atoms with Crippen LogP contribution >= 0.6 is 25.3 Å². The van der Waals surface area contributed by atoms with Crippen LogP contribution in [0.25, 0.3) is 0 Å². The number of hydrogen-bond acceptors (Lipinski definition) is 5. The number of urea groups is 1. The third-order valence-electron chi connectivity index (χ3n) is 2.65. The summed E-state index contributed by atoms with van der Waals surface area (Å²) >= 11 is 8.04. The van der Waals surface area contributed by atoms with E-state index in [1.807, 2.05) is 0 Å². The molecule has 96 valence electrons. The second kappa shape index (κ2) is 6.30. The van der Waals surface area contributed by atoms with Crippen LogP contribution in [0, 0.1) is 5.92 Å². The topological polar surface area (TPSA) is 57.7 Å². The van der Waals surface area contributed by atoms with Gasteiger partial charge in [-0.15, -0.1) is 0 Å². The van der Waals surface area contributed by atoms with Gasteiger partial charge in [-0.3, -0.25) is 19.4 Å². The monoisotopic (exact) mass is 276 g/mol. The predicted molar refractivity (Wildman–Crippen MR) is 70.3 cm³/mol. The lowest BCUT2D eigenvalue weighted by Gasteiger charge is -2.36. The normalized spacial score (nSPS) is 21.4. The Labute approximate surface area is 111 Å². The number of imide groups is 2. The van der Waals surface area contributed by atoms with E-state index in [2.05, 4.69) is 25.3 Å². The van der Waals surface area contributed by atoms with Crippen molar-refractivity contribution in [2.45, 2.75) is 13.3 Å². The molecule has 1 aliphatic heterocycles. The molecule has 0 aromatic carbocycles. The van der Waals surface area contributed by atoms with Crippen molar-refractivity contribution in [2.24, 2.45) is 5.92 Å². The van der Waals surface area contributed by atoms with E-state index in [9.17, 15) is 14.4 Å². The van der Waals surface area contributed by atoms with Crippen molar-refractivity contribution in [3.8, 4) is 0 Å². The molecule has 0 aliphatic carbocycles. The van der Waals surface area contributed by atoms with E-state index >= 15 is 0 Å². The van der Waals surface area contributed by atoms with Crippen molar-refractivity contribution in [1.82, 2.24) is 9.80 Å². The maximum atomic E-state index is 12.0. The molecule has 0 N–H and O–H groups in total. The average Bonchev–Trinajstić information content (AvgIpc) is 2.31. The van der Waals surface area contributed by atoms with Gasteiger partial charge in [0.15, 0.2) is 0 Å². The fourth-order valence-electron chi connectivity index (χ4n) is 1.79. The Morgan fingerprint density at radius 2 is 1.65 bits per heavy atom. The Balaban J connectivity index is 2.98. The lowest BCUT2D eigenvalue weighted by Crippen LogP contribution is -2.60. The van der Waals surface area contributed by atoms with Gasteiger partial charge in [0.25, 0.3) is 0 Å². The summed E-state index contributed by atoms with van der Waals surface area (Å²) in [6.07, 6.45) is 0.355. The molecule has 1 atom stereocenters. The summed E-state index contributed by atoms with van der Waals surface area (Å²) in [4.78, 5) is 38.0. The molecule has 0 bridgehead atoms. The zero-order valence-electron chi connectivity index (χ0n) is 9.63. The largest absolute Gasteiger partial charge is 0.333 e. The smallest absolute Gasteiger partial charge is 0.273 e. The maximum absolute atomic E-state index is 12.0. The zero-order valence-corrected chi connectivity index (χ0v) is 11.4. The SMILES string of the molecule is CCN1C(=O)C(CCS)C(=O)N(CCS)C1=O. The number of carbonyl (C=O) groups excluding carboxylic acids is 3. The highest BCUT2D eigenvalue weighted by atomic mass is 32.1. The van der Waals surface area contributed by atoms with Crippen LogP contribution < -0.4 is 0 Å². The first-order valence-electron chi connectivity index (χ1n) is 5.46. The number of barbiturate groups is 1. The van der Waals surface area contributed by atoms with E-state index in [0.29, 0.717) is 17.9 Å². The van der Waals surface area contributed by atoms with E-state index in [1.165, 1.54) is 0 Å². The molecule has 0 aromatic heterocycles. The Kier molecular flexibility index (Phi) is 5.32. The number of amides is 4. The van der Waals surface area contributed by atoms with E-state index in [4.69, 9.17) is 0 Å². The highest BCUT2D eigenvalue weighted by Crippen LogP contribution is 2.20. The first-order chi connectivity index (χ1) is 8.08. The Bertz CT molecular complexity index is 308. The van der Waals surface area contributed by atoms with Gasteiger partial charge in [0, 0.05) is 18.8 Å². The molecule has 1 fully saturated rings. The molecule has 1 unspecified atom stereocenters. The van der Waals surface area contributed by atoms with Crippen molar-refractivity contribution in [3.63, 3.8) is 0 Å². The lowest BCUT2D eigenvalue weighted by molar-refractivity contribution is -0.149. The Morgan fingerprint density at radius 1 is 1.06 bits per heavy atom. The van der Waals surface area contributed by atoms with Crippen molar-refractivity contribution >= 4 is 43.1 Å². The van der Waals surface area contributed by atoms with Gasteiger partial charge in [-0.25, -0.2) is 4.79 Å². The van der Waals surface area contributed by atoms with E-state index in [0.717, 1.165) is 9.80 Å². The van der Waals surface area contributed by atoms with Crippen molar-refractivity contribution < 1.29 is 14.4 Å².